The highest BCUT2D eigenvalue weighted by atomic mass is 16.5. The highest BCUT2D eigenvalue weighted by Gasteiger charge is 2.27. The van der Waals surface area contributed by atoms with Crippen molar-refractivity contribution in [1.29, 1.82) is 0 Å². The number of nitrogens with zero attached hydrogens (tertiary/aromatic N) is 2. The molecule has 146 valence electrons. The number of H-pyrrole nitrogens is 1. The van der Waals surface area contributed by atoms with E-state index in [9.17, 15) is 14.4 Å². The number of primary amides is 1. The molecule has 29 heavy (non-hydrogen) atoms. The van der Waals surface area contributed by atoms with Crippen LogP contribution in [-0.2, 0) is 0 Å². The monoisotopic (exact) mass is 391 g/mol. The minimum absolute atomic E-state index is 0.0549. The summed E-state index contributed by atoms with van der Waals surface area (Å²) < 4.78 is 5.59. The predicted octanol–water partition coefficient (Wildman–Crippen LogP) is 2.19. The van der Waals surface area contributed by atoms with Gasteiger partial charge in [0.25, 0.3) is 11.5 Å². The number of benzene rings is 1. The zero-order chi connectivity index (χ0) is 20.4. The molecule has 1 aromatic carbocycles. The van der Waals surface area contributed by atoms with Gasteiger partial charge in [0.05, 0.1) is 11.9 Å². The maximum atomic E-state index is 12.4. The normalized spacial score (nSPS) is 13.0. The molecule has 0 spiro atoms. The number of nitrogens with one attached hydrogen (secondary N) is 2. The summed E-state index contributed by atoms with van der Waals surface area (Å²) in [4.78, 5) is 46.4. The lowest BCUT2D eigenvalue weighted by molar-refractivity contribution is 0.0997. The van der Waals surface area contributed by atoms with Crippen LogP contribution in [0.2, 0.25) is 0 Å². The van der Waals surface area contributed by atoms with Crippen LogP contribution in [0.5, 0.6) is 11.6 Å². The minimum Gasteiger partial charge on any atom is -0.439 e. The number of pyridine rings is 1. The van der Waals surface area contributed by atoms with Gasteiger partial charge < -0.3 is 20.8 Å². The fourth-order valence-electron chi connectivity index (χ4n) is 2.69. The Bertz CT molecular complexity index is 1140. The van der Waals surface area contributed by atoms with Crippen LogP contribution >= 0.6 is 0 Å². The number of carbonyl (C=O) groups excluding carboxylic acids is 2. The van der Waals surface area contributed by atoms with Crippen molar-refractivity contribution in [2.45, 2.75) is 18.8 Å². The third kappa shape index (κ3) is 4.46. The standard InChI is InChI=1S/C20H17N5O4/c21-18(27)12-2-1-3-14(8-12)29-17-7-6-13(10-22-17)23-20(28)15-9-16(26)25-19(24-15)11-4-5-11/h1-3,6-11H,4-5H2,(H2,21,27)(H,23,28)(H,24,25,26). The Balaban J connectivity index is 1.44. The van der Waals surface area contributed by atoms with Crippen molar-refractivity contribution < 1.29 is 14.3 Å². The van der Waals surface area contributed by atoms with Crippen molar-refractivity contribution in [3.05, 3.63) is 76.1 Å². The molecule has 1 saturated carbocycles. The number of aromatic nitrogens is 3. The molecule has 1 aliphatic carbocycles. The first-order chi connectivity index (χ1) is 14.0. The number of rotatable bonds is 6. The molecule has 2 heterocycles. The molecule has 1 aliphatic rings. The second-order valence-corrected chi connectivity index (χ2v) is 6.62. The highest BCUT2D eigenvalue weighted by molar-refractivity contribution is 6.02. The van der Waals surface area contributed by atoms with Gasteiger partial charge >= 0.3 is 0 Å². The van der Waals surface area contributed by atoms with E-state index in [0.29, 0.717) is 22.8 Å². The summed E-state index contributed by atoms with van der Waals surface area (Å²) in [7, 11) is 0. The molecular weight excluding hydrogens is 374 g/mol. The number of ether oxygens (including phenoxy) is 1. The summed E-state index contributed by atoms with van der Waals surface area (Å²) in [6.07, 6.45) is 3.34. The number of nitrogens with two attached hydrogens (primary N) is 1. The molecule has 4 N–H and O–H groups in total. The van der Waals surface area contributed by atoms with Gasteiger partial charge in [-0.2, -0.15) is 0 Å². The Labute approximate surface area is 165 Å². The summed E-state index contributed by atoms with van der Waals surface area (Å²) >= 11 is 0. The van der Waals surface area contributed by atoms with Crippen LogP contribution < -0.4 is 21.3 Å². The molecule has 3 aromatic rings. The zero-order valence-corrected chi connectivity index (χ0v) is 15.2. The van der Waals surface area contributed by atoms with E-state index < -0.39 is 11.8 Å². The average Bonchev–Trinajstić information content (AvgIpc) is 3.54. The quantitative estimate of drug-likeness (QED) is 0.588. The first-order valence-corrected chi connectivity index (χ1v) is 8.94. The van der Waals surface area contributed by atoms with Crippen LogP contribution in [0.1, 0.15) is 45.4 Å². The summed E-state index contributed by atoms with van der Waals surface area (Å²) in [5.41, 5.74) is 5.69. The summed E-state index contributed by atoms with van der Waals surface area (Å²) in [5.74, 6) is 0.396. The fourth-order valence-corrected chi connectivity index (χ4v) is 2.69. The maximum absolute atomic E-state index is 12.4. The van der Waals surface area contributed by atoms with E-state index in [0.717, 1.165) is 18.9 Å². The zero-order valence-electron chi connectivity index (χ0n) is 15.2. The van der Waals surface area contributed by atoms with Gasteiger partial charge in [-0.25, -0.2) is 9.97 Å². The van der Waals surface area contributed by atoms with Crippen molar-refractivity contribution in [2.75, 3.05) is 5.32 Å². The molecule has 2 aromatic heterocycles. The van der Waals surface area contributed by atoms with E-state index >= 15 is 0 Å². The van der Waals surface area contributed by atoms with E-state index in [2.05, 4.69) is 20.3 Å². The van der Waals surface area contributed by atoms with E-state index in [1.165, 1.54) is 12.3 Å². The van der Waals surface area contributed by atoms with Gasteiger partial charge in [0.1, 0.15) is 17.3 Å². The summed E-state index contributed by atoms with van der Waals surface area (Å²) in [5, 5.41) is 2.65. The highest BCUT2D eigenvalue weighted by Crippen LogP contribution is 2.37. The first kappa shape index (κ1) is 18.4. The average molecular weight is 391 g/mol. The van der Waals surface area contributed by atoms with Crippen LogP contribution in [0, 0.1) is 0 Å². The molecule has 9 heteroatoms. The van der Waals surface area contributed by atoms with E-state index in [1.54, 1.807) is 30.3 Å². The Morgan fingerprint density at radius 2 is 2.00 bits per heavy atom. The Morgan fingerprint density at radius 3 is 2.69 bits per heavy atom. The van der Waals surface area contributed by atoms with Crippen LogP contribution in [-0.4, -0.2) is 26.8 Å². The lowest BCUT2D eigenvalue weighted by Crippen LogP contribution is -2.20. The number of anilines is 1. The number of hydrogen-bond acceptors (Lipinski definition) is 6. The molecule has 0 saturated heterocycles. The number of carbonyl (C=O) groups is 2. The largest absolute Gasteiger partial charge is 0.439 e. The molecule has 9 nitrogen and oxygen atoms in total. The molecule has 0 bridgehead atoms. The number of hydrogen-bond donors (Lipinski definition) is 3. The van der Waals surface area contributed by atoms with Crippen molar-refractivity contribution in [1.82, 2.24) is 15.0 Å². The van der Waals surface area contributed by atoms with Crippen LogP contribution in [0.15, 0.2) is 53.5 Å². The second kappa shape index (κ2) is 7.55. The van der Waals surface area contributed by atoms with Gasteiger partial charge in [0.2, 0.25) is 11.8 Å². The lowest BCUT2D eigenvalue weighted by Gasteiger charge is -2.08. The van der Waals surface area contributed by atoms with Gasteiger partial charge in [-0.05, 0) is 37.1 Å². The minimum atomic E-state index is -0.556. The SMILES string of the molecule is NC(=O)c1cccc(Oc2ccc(NC(=O)c3cc(=O)[nH]c(C4CC4)n3)cn2)c1. The molecular formula is C20H17N5O4. The van der Waals surface area contributed by atoms with Crippen molar-refractivity contribution in [3.63, 3.8) is 0 Å². The van der Waals surface area contributed by atoms with Crippen molar-refractivity contribution in [2.24, 2.45) is 5.73 Å². The Hall–Kier alpha value is -4.01. The van der Waals surface area contributed by atoms with Crippen LogP contribution in [0.3, 0.4) is 0 Å². The molecule has 0 atom stereocenters. The number of amides is 2. The summed E-state index contributed by atoms with van der Waals surface area (Å²) in [6, 6.07) is 10.7. The van der Waals surface area contributed by atoms with Gasteiger partial charge in [-0.1, -0.05) is 6.07 Å². The molecule has 1 fully saturated rings. The van der Waals surface area contributed by atoms with Crippen molar-refractivity contribution >= 4 is 17.5 Å². The van der Waals surface area contributed by atoms with E-state index in [1.807, 2.05) is 0 Å². The summed E-state index contributed by atoms with van der Waals surface area (Å²) in [6.45, 7) is 0. The first-order valence-electron chi connectivity index (χ1n) is 8.94. The number of aromatic amines is 1. The van der Waals surface area contributed by atoms with Gasteiger partial charge in [-0.15, -0.1) is 0 Å². The molecule has 0 aliphatic heterocycles. The third-order valence-corrected chi connectivity index (χ3v) is 4.29. The maximum Gasteiger partial charge on any atom is 0.274 e. The fraction of sp³-hybridized carbons (Fsp3) is 0.150. The van der Waals surface area contributed by atoms with Crippen LogP contribution in [0.25, 0.3) is 0 Å². The Morgan fingerprint density at radius 1 is 1.17 bits per heavy atom. The van der Waals surface area contributed by atoms with Gasteiger partial charge in [-0.3, -0.25) is 14.4 Å². The predicted molar refractivity (Wildman–Crippen MR) is 104 cm³/mol. The van der Waals surface area contributed by atoms with Crippen LogP contribution in [0.4, 0.5) is 5.69 Å². The topological polar surface area (TPSA) is 140 Å². The van der Waals surface area contributed by atoms with Gasteiger partial charge in [0, 0.05) is 23.6 Å². The van der Waals surface area contributed by atoms with Crippen molar-refractivity contribution in [3.8, 4) is 11.6 Å². The molecule has 0 unspecified atom stereocenters. The Kier molecular flexibility index (Phi) is 4.78. The lowest BCUT2D eigenvalue weighted by atomic mass is 10.2. The molecule has 4 rings (SSSR count). The van der Waals surface area contributed by atoms with E-state index in [-0.39, 0.29) is 23.1 Å². The third-order valence-electron chi connectivity index (χ3n) is 4.29. The smallest absolute Gasteiger partial charge is 0.274 e. The molecule has 2 amide bonds. The van der Waals surface area contributed by atoms with Gasteiger partial charge in [0.15, 0.2) is 0 Å². The molecule has 0 radical (unpaired) electrons. The van der Waals surface area contributed by atoms with E-state index in [4.69, 9.17) is 10.5 Å². The second-order valence-electron chi connectivity index (χ2n) is 6.62.